The number of carboxylic acids is 1. The Morgan fingerprint density at radius 2 is 2.31 bits per heavy atom. The Morgan fingerprint density at radius 1 is 1.50 bits per heavy atom. The quantitative estimate of drug-likeness (QED) is 0.814. The normalized spacial score (nSPS) is 20.8. The highest BCUT2D eigenvalue weighted by Crippen LogP contribution is 2.39. The summed E-state index contributed by atoms with van der Waals surface area (Å²) < 4.78 is 2.03. The molecule has 86 valence electrons. The maximum absolute atomic E-state index is 10.6. The summed E-state index contributed by atoms with van der Waals surface area (Å²) in [6, 6.07) is 2.14. The van der Waals surface area contributed by atoms with Gasteiger partial charge in [-0.25, -0.2) is 0 Å². The van der Waals surface area contributed by atoms with Crippen molar-refractivity contribution in [1.82, 2.24) is 14.7 Å². The molecule has 0 spiro atoms. The van der Waals surface area contributed by atoms with Crippen molar-refractivity contribution in [2.45, 2.75) is 31.8 Å². The third-order valence-corrected chi connectivity index (χ3v) is 3.25. The van der Waals surface area contributed by atoms with Crippen LogP contribution in [0.3, 0.4) is 0 Å². The van der Waals surface area contributed by atoms with Crippen LogP contribution >= 0.6 is 0 Å². The van der Waals surface area contributed by atoms with Crippen LogP contribution in [0.4, 0.5) is 0 Å². The number of rotatable bonds is 3. The highest BCUT2D eigenvalue weighted by atomic mass is 16.4. The van der Waals surface area contributed by atoms with Crippen LogP contribution in [0, 0.1) is 0 Å². The molecule has 1 saturated carbocycles. The Balaban J connectivity index is 1.74. The summed E-state index contributed by atoms with van der Waals surface area (Å²) in [5, 5.41) is 13.3. The molecule has 1 fully saturated rings. The lowest BCUT2D eigenvalue weighted by molar-refractivity contribution is -0.138. The first-order valence-electron chi connectivity index (χ1n) is 5.73. The van der Waals surface area contributed by atoms with E-state index in [1.807, 2.05) is 9.58 Å². The molecule has 1 N–H and O–H groups in total. The van der Waals surface area contributed by atoms with Gasteiger partial charge in [-0.2, -0.15) is 5.10 Å². The predicted molar refractivity (Wildman–Crippen MR) is 57.1 cm³/mol. The largest absolute Gasteiger partial charge is 0.480 e. The van der Waals surface area contributed by atoms with Gasteiger partial charge in [0.05, 0.1) is 24.5 Å². The van der Waals surface area contributed by atoms with E-state index in [2.05, 4.69) is 11.2 Å². The first-order valence-corrected chi connectivity index (χ1v) is 5.73. The van der Waals surface area contributed by atoms with Gasteiger partial charge in [-0.3, -0.25) is 14.4 Å². The average molecular weight is 221 g/mol. The molecule has 0 radical (unpaired) electrons. The minimum absolute atomic E-state index is 0.129. The van der Waals surface area contributed by atoms with Crippen LogP contribution < -0.4 is 0 Å². The first kappa shape index (κ1) is 9.84. The van der Waals surface area contributed by atoms with Crippen molar-refractivity contribution < 1.29 is 9.90 Å². The van der Waals surface area contributed by atoms with E-state index in [0.29, 0.717) is 12.5 Å². The molecule has 0 bridgehead atoms. The van der Waals surface area contributed by atoms with Crippen LogP contribution in [-0.4, -0.2) is 38.8 Å². The summed E-state index contributed by atoms with van der Waals surface area (Å²) in [5.41, 5.74) is 2.36. The van der Waals surface area contributed by atoms with Gasteiger partial charge >= 0.3 is 5.97 Å². The monoisotopic (exact) mass is 221 g/mol. The molecule has 1 aliphatic heterocycles. The third kappa shape index (κ3) is 1.82. The zero-order valence-corrected chi connectivity index (χ0v) is 9.09. The number of aromatic nitrogens is 2. The lowest BCUT2D eigenvalue weighted by Gasteiger charge is -2.25. The van der Waals surface area contributed by atoms with E-state index in [-0.39, 0.29) is 6.54 Å². The van der Waals surface area contributed by atoms with Gasteiger partial charge in [-0.15, -0.1) is 0 Å². The zero-order chi connectivity index (χ0) is 11.1. The molecule has 0 saturated heterocycles. The van der Waals surface area contributed by atoms with Gasteiger partial charge < -0.3 is 5.11 Å². The molecule has 1 aromatic rings. The van der Waals surface area contributed by atoms with E-state index in [9.17, 15) is 4.79 Å². The van der Waals surface area contributed by atoms with E-state index in [1.165, 1.54) is 18.5 Å². The number of nitrogens with zero attached hydrogens (tertiary/aromatic N) is 3. The van der Waals surface area contributed by atoms with Crippen molar-refractivity contribution in [3.63, 3.8) is 0 Å². The number of carboxylic acid groups (broad SMARTS) is 1. The number of hydrogen-bond donors (Lipinski definition) is 1. The molecule has 5 nitrogen and oxygen atoms in total. The van der Waals surface area contributed by atoms with Crippen molar-refractivity contribution in [3.8, 4) is 0 Å². The van der Waals surface area contributed by atoms with Crippen LogP contribution in [0.2, 0.25) is 0 Å². The molecule has 16 heavy (non-hydrogen) atoms. The summed E-state index contributed by atoms with van der Waals surface area (Å²) in [6.45, 7) is 2.44. The van der Waals surface area contributed by atoms with Gasteiger partial charge in [0, 0.05) is 19.0 Å². The Bertz CT molecular complexity index is 423. The highest BCUT2D eigenvalue weighted by Gasteiger charge is 2.28. The van der Waals surface area contributed by atoms with Crippen molar-refractivity contribution in [3.05, 3.63) is 17.5 Å². The molecule has 0 amide bonds. The van der Waals surface area contributed by atoms with Gasteiger partial charge in [0.15, 0.2) is 0 Å². The topological polar surface area (TPSA) is 58.4 Å². The molecule has 1 aliphatic carbocycles. The van der Waals surface area contributed by atoms with E-state index < -0.39 is 5.97 Å². The summed E-state index contributed by atoms with van der Waals surface area (Å²) in [6.07, 6.45) is 2.52. The van der Waals surface area contributed by atoms with Crippen molar-refractivity contribution >= 4 is 5.97 Å². The fourth-order valence-electron chi connectivity index (χ4n) is 2.25. The molecule has 5 heteroatoms. The molecule has 2 heterocycles. The Morgan fingerprint density at radius 3 is 3.00 bits per heavy atom. The van der Waals surface area contributed by atoms with Crippen LogP contribution in [-0.2, 0) is 17.9 Å². The van der Waals surface area contributed by atoms with E-state index in [4.69, 9.17) is 5.11 Å². The Kier molecular flexibility index (Phi) is 2.21. The summed E-state index contributed by atoms with van der Waals surface area (Å²) in [4.78, 5) is 12.6. The minimum Gasteiger partial charge on any atom is -0.480 e. The zero-order valence-electron chi connectivity index (χ0n) is 9.09. The van der Waals surface area contributed by atoms with E-state index in [1.54, 1.807) is 0 Å². The van der Waals surface area contributed by atoms with Gasteiger partial charge in [0.2, 0.25) is 0 Å². The number of fused-ring (bicyclic) bond motifs is 1. The van der Waals surface area contributed by atoms with Gasteiger partial charge in [0.1, 0.15) is 0 Å². The Labute approximate surface area is 93.7 Å². The van der Waals surface area contributed by atoms with E-state index >= 15 is 0 Å². The van der Waals surface area contributed by atoms with Gasteiger partial charge in [0.25, 0.3) is 0 Å². The van der Waals surface area contributed by atoms with Crippen LogP contribution in [0.15, 0.2) is 6.07 Å². The van der Waals surface area contributed by atoms with Crippen molar-refractivity contribution in [2.75, 3.05) is 13.1 Å². The predicted octanol–water partition coefficient (Wildman–Crippen LogP) is 0.661. The summed E-state index contributed by atoms with van der Waals surface area (Å²) in [5.74, 6) is -0.0820. The van der Waals surface area contributed by atoms with Crippen LogP contribution in [0.25, 0.3) is 0 Å². The van der Waals surface area contributed by atoms with Gasteiger partial charge in [-0.05, 0) is 18.9 Å². The average Bonchev–Trinajstić information content (AvgIpc) is 2.98. The fourth-order valence-corrected chi connectivity index (χ4v) is 2.25. The first-order chi connectivity index (χ1) is 7.72. The number of hydrogen-bond acceptors (Lipinski definition) is 3. The maximum Gasteiger partial charge on any atom is 0.317 e. The standard InChI is InChI=1S/C11H15N3O2/c15-11(16)7-13-3-4-14-9(6-13)5-10(12-14)8-1-2-8/h5,8H,1-4,6-7H2,(H,15,16). The summed E-state index contributed by atoms with van der Waals surface area (Å²) >= 11 is 0. The van der Waals surface area contributed by atoms with E-state index in [0.717, 1.165) is 18.8 Å². The van der Waals surface area contributed by atoms with Crippen LogP contribution in [0.1, 0.15) is 30.1 Å². The second-order valence-corrected chi connectivity index (χ2v) is 4.66. The molecular weight excluding hydrogens is 206 g/mol. The second-order valence-electron chi connectivity index (χ2n) is 4.66. The lowest BCUT2D eigenvalue weighted by Crippen LogP contribution is -2.37. The second kappa shape index (κ2) is 3.59. The molecule has 0 aromatic carbocycles. The number of aliphatic carboxylic acids is 1. The van der Waals surface area contributed by atoms with Crippen LogP contribution in [0.5, 0.6) is 0 Å². The summed E-state index contributed by atoms with van der Waals surface area (Å²) in [7, 11) is 0. The maximum atomic E-state index is 10.6. The highest BCUT2D eigenvalue weighted by molar-refractivity contribution is 5.69. The molecule has 0 unspecified atom stereocenters. The minimum atomic E-state index is -0.754. The SMILES string of the molecule is O=C(O)CN1CCn2nc(C3CC3)cc2C1. The van der Waals surface area contributed by atoms with Gasteiger partial charge in [-0.1, -0.05) is 0 Å². The lowest BCUT2D eigenvalue weighted by atomic mass is 10.2. The molecular formula is C11H15N3O2. The smallest absolute Gasteiger partial charge is 0.317 e. The number of carbonyl (C=O) groups is 1. The Hall–Kier alpha value is -1.36. The third-order valence-electron chi connectivity index (χ3n) is 3.25. The fraction of sp³-hybridized carbons (Fsp3) is 0.636. The molecule has 3 rings (SSSR count). The van der Waals surface area contributed by atoms with Crippen molar-refractivity contribution in [1.29, 1.82) is 0 Å². The molecule has 1 aromatic heterocycles. The molecule has 2 aliphatic rings. The molecule has 0 atom stereocenters. The van der Waals surface area contributed by atoms with Crippen molar-refractivity contribution in [2.24, 2.45) is 0 Å².